The van der Waals surface area contributed by atoms with E-state index < -0.39 is 23.0 Å². The van der Waals surface area contributed by atoms with E-state index in [1.807, 2.05) is 6.08 Å². The van der Waals surface area contributed by atoms with Gasteiger partial charge in [-0.05, 0) is 74.2 Å². The minimum absolute atomic E-state index is 0.0482. The Kier molecular flexibility index (Phi) is 5.42. The van der Waals surface area contributed by atoms with Gasteiger partial charge in [0.15, 0.2) is 18.0 Å². The molecule has 0 spiro atoms. The van der Waals surface area contributed by atoms with Gasteiger partial charge in [0.05, 0.1) is 0 Å². The standard InChI is InChI=1S/C25H34O6/c1-15(26)30-14-22(29)25(31-16(2)27)12-9-21-19-6-5-17-13-18(28)7-10-23(17,3)20(19)8-11-24(21,25)4/h13,19-21H,5-12,14H2,1-4H3. The summed E-state index contributed by atoms with van der Waals surface area (Å²) in [5, 5.41) is 0. The summed E-state index contributed by atoms with van der Waals surface area (Å²) in [6.45, 7) is 6.70. The van der Waals surface area contributed by atoms with Crippen LogP contribution in [0.4, 0.5) is 0 Å². The third-order valence-corrected chi connectivity index (χ3v) is 9.26. The van der Waals surface area contributed by atoms with Crippen LogP contribution in [0.25, 0.3) is 0 Å². The molecule has 4 aliphatic rings. The molecule has 0 N–H and O–H groups in total. The highest BCUT2D eigenvalue weighted by Crippen LogP contribution is 2.68. The molecule has 3 fully saturated rings. The summed E-state index contributed by atoms with van der Waals surface area (Å²) in [4.78, 5) is 48.8. The molecule has 0 aromatic heterocycles. The van der Waals surface area contributed by atoms with E-state index in [0.717, 1.165) is 38.5 Å². The molecule has 6 atom stereocenters. The molecular weight excluding hydrogens is 396 g/mol. The first-order valence-electron chi connectivity index (χ1n) is 11.6. The van der Waals surface area contributed by atoms with Crippen molar-refractivity contribution in [3.05, 3.63) is 11.6 Å². The summed E-state index contributed by atoms with van der Waals surface area (Å²) in [7, 11) is 0. The number of esters is 2. The van der Waals surface area contributed by atoms with Crippen molar-refractivity contribution >= 4 is 23.5 Å². The molecule has 0 amide bonds. The van der Waals surface area contributed by atoms with E-state index in [9.17, 15) is 19.2 Å². The number of carbonyl (C=O) groups excluding carboxylic acids is 4. The van der Waals surface area contributed by atoms with E-state index in [0.29, 0.717) is 24.7 Å². The first-order chi connectivity index (χ1) is 14.5. The lowest BCUT2D eigenvalue weighted by molar-refractivity contribution is -0.190. The van der Waals surface area contributed by atoms with Crippen molar-refractivity contribution in [2.45, 2.75) is 84.7 Å². The van der Waals surface area contributed by atoms with Gasteiger partial charge in [-0.15, -0.1) is 0 Å². The van der Waals surface area contributed by atoms with Crippen LogP contribution in [-0.4, -0.2) is 35.7 Å². The summed E-state index contributed by atoms with van der Waals surface area (Å²) in [6.07, 6.45) is 8.39. The largest absolute Gasteiger partial charge is 0.458 e. The van der Waals surface area contributed by atoms with Crippen LogP contribution in [0, 0.1) is 28.6 Å². The number of rotatable bonds is 4. The molecule has 0 aromatic rings. The number of hydrogen-bond acceptors (Lipinski definition) is 6. The maximum Gasteiger partial charge on any atom is 0.303 e. The normalized spacial score (nSPS) is 41.4. The van der Waals surface area contributed by atoms with Gasteiger partial charge in [0.1, 0.15) is 0 Å². The molecule has 6 nitrogen and oxygen atoms in total. The van der Waals surface area contributed by atoms with Gasteiger partial charge in [0.2, 0.25) is 5.78 Å². The zero-order valence-corrected chi connectivity index (χ0v) is 19.1. The van der Waals surface area contributed by atoms with E-state index in [4.69, 9.17) is 9.47 Å². The Labute approximate surface area is 184 Å². The quantitative estimate of drug-likeness (QED) is 0.628. The Balaban J connectivity index is 1.67. The fraction of sp³-hybridized carbons (Fsp3) is 0.760. The van der Waals surface area contributed by atoms with E-state index in [1.54, 1.807) is 0 Å². The number of carbonyl (C=O) groups is 4. The van der Waals surface area contributed by atoms with Crippen LogP contribution in [0.3, 0.4) is 0 Å². The zero-order chi connectivity index (χ0) is 22.6. The van der Waals surface area contributed by atoms with Crippen molar-refractivity contribution in [2.24, 2.45) is 28.6 Å². The average molecular weight is 431 g/mol. The number of fused-ring (bicyclic) bond motifs is 5. The lowest BCUT2D eigenvalue weighted by Gasteiger charge is -2.59. The van der Waals surface area contributed by atoms with Crippen LogP contribution in [-0.2, 0) is 28.7 Å². The summed E-state index contributed by atoms with van der Waals surface area (Å²) in [5.74, 6) is 0.156. The molecule has 0 aromatic carbocycles. The predicted molar refractivity (Wildman–Crippen MR) is 113 cm³/mol. The molecule has 6 heteroatoms. The van der Waals surface area contributed by atoms with Gasteiger partial charge in [-0.2, -0.15) is 0 Å². The summed E-state index contributed by atoms with van der Waals surface area (Å²) >= 11 is 0. The highest BCUT2D eigenvalue weighted by molar-refractivity contribution is 5.93. The smallest absolute Gasteiger partial charge is 0.303 e. The monoisotopic (exact) mass is 430 g/mol. The number of Topliss-reactive ketones (excluding diaryl/α,β-unsaturated/α-hetero) is 1. The maximum atomic E-state index is 13.4. The minimum atomic E-state index is -1.23. The molecule has 0 aliphatic heterocycles. The summed E-state index contributed by atoms with van der Waals surface area (Å²) < 4.78 is 10.9. The Hall–Kier alpha value is -1.98. The molecular formula is C25H34O6. The number of ether oxygens (including phenoxy) is 2. The fourth-order valence-electron chi connectivity index (χ4n) is 7.77. The molecule has 3 saturated carbocycles. The lowest BCUT2D eigenvalue weighted by atomic mass is 9.46. The zero-order valence-electron chi connectivity index (χ0n) is 19.1. The molecule has 0 saturated heterocycles. The average Bonchev–Trinajstić information content (AvgIpc) is 2.99. The second kappa shape index (κ2) is 7.56. The second-order valence-electron chi connectivity index (χ2n) is 10.6. The van der Waals surface area contributed by atoms with Crippen molar-refractivity contribution < 1.29 is 28.7 Å². The minimum Gasteiger partial charge on any atom is -0.458 e. The summed E-state index contributed by atoms with van der Waals surface area (Å²) in [5.41, 5.74) is -0.348. The van der Waals surface area contributed by atoms with Crippen molar-refractivity contribution in [1.82, 2.24) is 0 Å². The van der Waals surface area contributed by atoms with Gasteiger partial charge in [-0.1, -0.05) is 19.4 Å². The Morgan fingerprint density at radius 2 is 1.68 bits per heavy atom. The van der Waals surface area contributed by atoms with E-state index >= 15 is 0 Å². The number of hydrogen-bond donors (Lipinski definition) is 0. The van der Waals surface area contributed by atoms with Crippen LogP contribution in [0.1, 0.15) is 79.1 Å². The first kappa shape index (κ1) is 22.2. The molecule has 0 heterocycles. The van der Waals surface area contributed by atoms with Gasteiger partial charge >= 0.3 is 11.9 Å². The van der Waals surface area contributed by atoms with Crippen molar-refractivity contribution in [2.75, 3.05) is 6.61 Å². The van der Waals surface area contributed by atoms with Crippen molar-refractivity contribution in [3.8, 4) is 0 Å². The topological polar surface area (TPSA) is 86.7 Å². The van der Waals surface area contributed by atoms with Crippen LogP contribution in [0.15, 0.2) is 11.6 Å². The molecule has 0 bridgehead atoms. The van der Waals surface area contributed by atoms with E-state index in [2.05, 4.69) is 13.8 Å². The van der Waals surface area contributed by atoms with Gasteiger partial charge in [0, 0.05) is 25.7 Å². The van der Waals surface area contributed by atoms with Crippen LogP contribution >= 0.6 is 0 Å². The number of ketones is 2. The van der Waals surface area contributed by atoms with Crippen LogP contribution in [0.2, 0.25) is 0 Å². The lowest BCUT2D eigenvalue weighted by Crippen LogP contribution is -2.59. The van der Waals surface area contributed by atoms with Gasteiger partial charge in [0.25, 0.3) is 0 Å². The highest BCUT2D eigenvalue weighted by atomic mass is 16.6. The molecule has 0 radical (unpaired) electrons. The summed E-state index contributed by atoms with van der Waals surface area (Å²) in [6, 6.07) is 0. The Morgan fingerprint density at radius 1 is 0.968 bits per heavy atom. The van der Waals surface area contributed by atoms with Crippen molar-refractivity contribution in [3.63, 3.8) is 0 Å². The fourth-order valence-corrected chi connectivity index (χ4v) is 7.77. The highest BCUT2D eigenvalue weighted by Gasteiger charge is 2.68. The number of allylic oxidation sites excluding steroid dienone is 1. The third kappa shape index (κ3) is 3.28. The maximum absolute atomic E-state index is 13.4. The van der Waals surface area contributed by atoms with Gasteiger partial charge < -0.3 is 9.47 Å². The first-order valence-corrected chi connectivity index (χ1v) is 11.6. The molecule has 4 rings (SSSR count). The SMILES string of the molecule is CC(=O)OCC(=O)C1(OC(C)=O)CCC2C3CCC4=CC(=O)CCC4(C)C3CCC21C. The van der Waals surface area contributed by atoms with Crippen molar-refractivity contribution in [1.29, 1.82) is 0 Å². The van der Waals surface area contributed by atoms with Gasteiger partial charge in [-0.3, -0.25) is 19.2 Å². The molecule has 6 unspecified atom stereocenters. The Bertz CT molecular complexity index is 858. The van der Waals surface area contributed by atoms with E-state index in [1.165, 1.54) is 19.4 Å². The third-order valence-electron chi connectivity index (χ3n) is 9.26. The molecule has 170 valence electrons. The molecule has 4 aliphatic carbocycles. The van der Waals surface area contributed by atoms with Gasteiger partial charge in [-0.25, -0.2) is 0 Å². The van der Waals surface area contributed by atoms with Crippen LogP contribution in [0.5, 0.6) is 0 Å². The van der Waals surface area contributed by atoms with E-state index in [-0.39, 0.29) is 29.5 Å². The molecule has 31 heavy (non-hydrogen) atoms. The second-order valence-corrected chi connectivity index (χ2v) is 10.6. The Morgan fingerprint density at radius 3 is 2.35 bits per heavy atom. The predicted octanol–water partition coefficient (Wildman–Crippen LogP) is 3.95. The van der Waals surface area contributed by atoms with Crippen LogP contribution < -0.4 is 0 Å².